The predicted octanol–water partition coefficient (Wildman–Crippen LogP) is 2.62. The van der Waals surface area contributed by atoms with Crippen LogP contribution in [0.4, 0.5) is 10.1 Å². The van der Waals surface area contributed by atoms with Crippen LogP contribution in [0.15, 0.2) is 53.3 Å². The van der Waals surface area contributed by atoms with Gasteiger partial charge in [0.1, 0.15) is 5.82 Å². The van der Waals surface area contributed by atoms with Gasteiger partial charge in [-0.3, -0.25) is 9.59 Å². The molecule has 33 heavy (non-hydrogen) atoms. The molecule has 1 aromatic heterocycles. The van der Waals surface area contributed by atoms with Crippen molar-refractivity contribution < 1.29 is 18.7 Å². The number of hydrogen-bond donors (Lipinski definition) is 0. The normalized spacial score (nSPS) is 14.1. The van der Waals surface area contributed by atoms with E-state index in [-0.39, 0.29) is 29.0 Å². The van der Waals surface area contributed by atoms with Crippen molar-refractivity contribution in [3.05, 3.63) is 70.4 Å². The van der Waals surface area contributed by atoms with Gasteiger partial charge in [0.25, 0.3) is 11.5 Å². The number of carbonyl (C=O) groups excluding carboxylic acids is 2. The first-order valence-electron chi connectivity index (χ1n) is 10.8. The van der Waals surface area contributed by atoms with Gasteiger partial charge < -0.3 is 14.5 Å². The molecule has 1 saturated heterocycles. The van der Waals surface area contributed by atoms with Gasteiger partial charge in [-0.2, -0.15) is 5.10 Å². The second kappa shape index (κ2) is 9.40. The van der Waals surface area contributed by atoms with Crippen molar-refractivity contribution in [3.63, 3.8) is 0 Å². The van der Waals surface area contributed by atoms with E-state index < -0.39 is 12.6 Å². The molecule has 8 nitrogen and oxygen atoms in total. The molecular weight excluding hydrogens is 427 g/mol. The lowest BCUT2D eigenvalue weighted by Gasteiger charge is -2.36. The molecule has 2 heterocycles. The number of halogens is 1. The first-order chi connectivity index (χ1) is 15.9. The van der Waals surface area contributed by atoms with Crippen molar-refractivity contribution in [3.8, 4) is 0 Å². The molecule has 2 aromatic carbocycles. The molecule has 1 aliphatic rings. The maximum absolute atomic E-state index is 14.0. The number of rotatable bonds is 5. The molecule has 1 fully saturated rings. The van der Waals surface area contributed by atoms with E-state index >= 15 is 0 Å². The number of esters is 1. The Labute approximate surface area is 190 Å². The van der Waals surface area contributed by atoms with E-state index in [9.17, 15) is 18.8 Å². The van der Waals surface area contributed by atoms with Crippen molar-refractivity contribution in [2.45, 2.75) is 19.9 Å². The molecule has 1 amide bonds. The van der Waals surface area contributed by atoms with Gasteiger partial charge in [0.05, 0.1) is 17.1 Å². The molecule has 3 aromatic rings. The van der Waals surface area contributed by atoms with Crippen LogP contribution in [-0.2, 0) is 9.53 Å². The number of carbonyl (C=O) groups is 2. The van der Waals surface area contributed by atoms with Crippen molar-refractivity contribution in [2.24, 2.45) is 0 Å². The van der Waals surface area contributed by atoms with E-state index in [0.29, 0.717) is 42.6 Å². The minimum absolute atomic E-state index is 0.00364. The van der Waals surface area contributed by atoms with Crippen LogP contribution < -0.4 is 10.5 Å². The fourth-order valence-electron chi connectivity index (χ4n) is 3.90. The lowest BCUT2D eigenvalue weighted by molar-refractivity contribution is -0.134. The van der Waals surface area contributed by atoms with Crippen LogP contribution in [0, 0.1) is 5.82 Å². The largest absolute Gasteiger partial charge is 0.451 e. The van der Waals surface area contributed by atoms with Gasteiger partial charge in [-0.1, -0.05) is 30.3 Å². The van der Waals surface area contributed by atoms with E-state index in [0.717, 1.165) is 0 Å². The first-order valence-corrected chi connectivity index (χ1v) is 10.8. The SMILES string of the molecule is CC(C)n1nc(C(=O)OCC(=O)N2CCN(c3ccccc3F)CC2)c2ccccc2c1=O. The highest BCUT2D eigenvalue weighted by Gasteiger charge is 2.25. The summed E-state index contributed by atoms with van der Waals surface area (Å²) in [6, 6.07) is 13.0. The number of para-hydroxylation sites is 1. The van der Waals surface area contributed by atoms with Gasteiger partial charge >= 0.3 is 5.97 Å². The molecule has 0 unspecified atom stereocenters. The summed E-state index contributed by atoms with van der Waals surface area (Å²) in [5, 5.41) is 4.95. The van der Waals surface area contributed by atoms with E-state index in [1.807, 2.05) is 4.90 Å². The van der Waals surface area contributed by atoms with Gasteiger partial charge in [0, 0.05) is 31.6 Å². The fraction of sp³-hybridized carbons (Fsp3) is 0.333. The Hall–Kier alpha value is -3.75. The molecule has 0 bridgehead atoms. The van der Waals surface area contributed by atoms with Crippen LogP contribution in [-0.4, -0.2) is 59.3 Å². The van der Waals surface area contributed by atoms with Gasteiger partial charge in [-0.15, -0.1) is 0 Å². The highest BCUT2D eigenvalue weighted by atomic mass is 19.1. The molecule has 0 radical (unpaired) electrons. The van der Waals surface area contributed by atoms with Gasteiger partial charge in [0.15, 0.2) is 12.3 Å². The third kappa shape index (κ3) is 4.57. The van der Waals surface area contributed by atoms with Crippen LogP contribution in [0.2, 0.25) is 0 Å². The fourth-order valence-corrected chi connectivity index (χ4v) is 3.90. The Morgan fingerprint density at radius 2 is 1.64 bits per heavy atom. The zero-order chi connectivity index (χ0) is 23.5. The lowest BCUT2D eigenvalue weighted by Crippen LogP contribution is -2.50. The number of aromatic nitrogens is 2. The minimum atomic E-state index is -0.765. The number of hydrogen-bond acceptors (Lipinski definition) is 6. The van der Waals surface area contributed by atoms with Crippen LogP contribution in [0.25, 0.3) is 10.8 Å². The number of fused-ring (bicyclic) bond motifs is 1. The van der Waals surface area contributed by atoms with Gasteiger partial charge in [-0.25, -0.2) is 13.9 Å². The maximum Gasteiger partial charge on any atom is 0.359 e. The van der Waals surface area contributed by atoms with Crippen LogP contribution in [0.1, 0.15) is 30.4 Å². The molecule has 9 heteroatoms. The number of nitrogens with zero attached hydrogens (tertiary/aromatic N) is 4. The summed E-state index contributed by atoms with van der Waals surface area (Å²) in [7, 11) is 0. The molecule has 0 atom stereocenters. The molecule has 1 aliphatic heterocycles. The summed E-state index contributed by atoms with van der Waals surface area (Å²) in [6.07, 6.45) is 0. The minimum Gasteiger partial charge on any atom is -0.451 e. The van der Waals surface area contributed by atoms with E-state index in [1.165, 1.54) is 10.7 Å². The third-order valence-electron chi connectivity index (χ3n) is 5.66. The third-order valence-corrected chi connectivity index (χ3v) is 5.66. The number of ether oxygens (including phenoxy) is 1. The van der Waals surface area contributed by atoms with Gasteiger partial charge in [0.2, 0.25) is 0 Å². The average molecular weight is 452 g/mol. The van der Waals surface area contributed by atoms with E-state index in [2.05, 4.69) is 5.10 Å². The summed E-state index contributed by atoms with van der Waals surface area (Å²) < 4.78 is 20.5. The summed E-state index contributed by atoms with van der Waals surface area (Å²) >= 11 is 0. The zero-order valence-corrected chi connectivity index (χ0v) is 18.5. The van der Waals surface area contributed by atoms with Crippen LogP contribution in [0.3, 0.4) is 0 Å². The second-order valence-electron chi connectivity index (χ2n) is 8.13. The maximum atomic E-state index is 14.0. The topological polar surface area (TPSA) is 84.7 Å². The Balaban J connectivity index is 1.42. The lowest BCUT2D eigenvalue weighted by atomic mass is 10.1. The Kier molecular flexibility index (Phi) is 6.39. The van der Waals surface area contributed by atoms with E-state index in [4.69, 9.17) is 4.74 Å². The summed E-state index contributed by atoms with van der Waals surface area (Å²) in [4.78, 5) is 41.5. The second-order valence-corrected chi connectivity index (χ2v) is 8.13. The molecule has 0 aliphatic carbocycles. The van der Waals surface area contributed by atoms with Crippen LogP contribution >= 0.6 is 0 Å². The molecule has 0 N–H and O–H groups in total. The first kappa shape index (κ1) is 22.4. The quantitative estimate of drug-likeness (QED) is 0.554. The summed E-state index contributed by atoms with van der Waals surface area (Å²) in [5.41, 5.74) is 0.214. The standard InChI is InChI=1S/C24H25FN4O4/c1-16(2)29-23(31)18-8-4-3-7-17(18)22(26-29)24(32)33-15-21(30)28-13-11-27(12-14-28)20-10-6-5-9-19(20)25/h3-10,16H,11-15H2,1-2H3. The van der Waals surface area contributed by atoms with Crippen molar-refractivity contribution >= 4 is 28.3 Å². The Morgan fingerprint density at radius 3 is 2.30 bits per heavy atom. The van der Waals surface area contributed by atoms with Gasteiger partial charge in [-0.05, 0) is 32.0 Å². The zero-order valence-electron chi connectivity index (χ0n) is 18.5. The number of benzene rings is 2. The number of amides is 1. The highest BCUT2D eigenvalue weighted by Crippen LogP contribution is 2.20. The molecule has 172 valence electrons. The smallest absolute Gasteiger partial charge is 0.359 e. The summed E-state index contributed by atoms with van der Waals surface area (Å²) in [6.45, 7) is 4.90. The average Bonchev–Trinajstić information content (AvgIpc) is 2.83. The van der Waals surface area contributed by atoms with Crippen molar-refractivity contribution in [1.29, 1.82) is 0 Å². The molecular formula is C24H25FN4O4. The van der Waals surface area contributed by atoms with Crippen LogP contribution in [0.5, 0.6) is 0 Å². The molecule has 0 saturated carbocycles. The summed E-state index contributed by atoms with van der Waals surface area (Å²) in [5.74, 6) is -1.40. The molecule has 4 rings (SSSR count). The van der Waals surface area contributed by atoms with Crippen molar-refractivity contribution in [1.82, 2.24) is 14.7 Å². The highest BCUT2D eigenvalue weighted by molar-refractivity contribution is 6.02. The number of anilines is 1. The van der Waals surface area contributed by atoms with Crippen molar-refractivity contribution in [2.75, 3.05) is 37.7 Å². The van der Waals surface area contributed by atoms with E-state index in [1.54, 1.807) is 61.2 Å². The predicted molar refractivity (Wildman–Crippen MR) is 122 cm³/mol. The Bertz CT molecular complexity index is 1250. The monoisotopic (exact) mass is 452 g/mol. The molecule has 0 spiro atoms. The number of piperazine rings is 1. The Morgan fingerprint density at radius 1 is 1.00 bits per heavy atom.